The average molecular weight is 231 g/mol. The van der Waals surface area contributed by atoms with Crippen molar-refractivity contribution in [2.24, 2.45) is 0 Å². The summed E-state index contributed by atoms with van der Waals surface area (Å²) >= 11 is 0. The minimum Gasteiger partial charge on any atom is -0.348 e. The zero-order valence-corrected chi connectivity index (χ0v) is 9.99. The highest BCUT2D eigenvalue weighted by Gasteiger charge is 2.32. The number of carbonyl (C=O) groups excluding carboxylic acids is 1. The predicted octanol–water partition coefficient (Wildman–Crippen LogP) is 0.728. The van der Waals surface area contributed by atoms with Crippen LogP contribution >= 0.6 is 0 Å². The van der Waals surface area contributed by atoms with Crippen LogP contribution in [0.25, 0.3) is 0 Å². The molecule has 1 amide bonds. The lowest BCUT2D eigenvalue weighted by molar-refractivity contribution is 0.0923. The number of rotatable bonds is 1. The lowest BCUT2D eigenvalue weighted by Gasteiger charge is -2.42. The van der Waals surface area contributed by atoms with E-state index >= 15 is 0 Å². The van der Waals surface area contributed by atoms with Crippen molar-refractivity contribution in [1.82, 2.24) is 10.6 Å². The Morgan fingerprint density at radius 1 is 1.47 bits per heavy atom. The first-order chi connectivity index (χ1) is 8.29. The van der Waals surface area contributed by atoms with Crippen LogP contribution in [0, 0.1) is 0 Å². The summed E-state index contributed by atoms with van der Waals surface area (Å²) in [4.78, 5) is 14.3. The molecule has 0 aromatic heterocycles. The predicted molar refractivity (Wildman–Crippen MR) is 67.3 cm³/mol. The number of hydrogen-bond acceptors (Lipinski definition) is 3. The summed E-state index contributed by atoms with van der Waals surface area (Å²) < 4.78 is 0. The zero-order chi connectivity index (χ0) is 11.8. The van der Waals surface area contributed by atoms with Gasteiger partial charge in [0.15, 0.2) is 0 Å². The lowest BCUT2D eigenvalue weighted by Crippen LogP contribution is -2.62. The van der Waals surface area contributed by atoms with E-state index in [1.165, 1.54) is 5.56 Å². The van der Waals surface area contributed by atoms with Gasteiger partial charge in [0.25, 0.3) is 5.91 Å². The van der Waals surface area contributed by atoms with Crippen LogP contribution in [0.15, 0.2) is 18.2 Å². The number of hydrogen-bond donors (Lipinski definition) is 2. The quantitative estimate of drug-likeness (QED) is 0.749. The number of nitrogens with zero attached hydrogens (tertiary/aromatic N) is 1. The summed E-state index contributed by atoms with van der Waals surface area (Å²) in [5, 5.41) is 6.34. The summed E-state index contributed by atoms with van der Waals surface area (Å²) in [5.41, 5.74) is 3.19. The Kier molecular flexibility index (Phi) is 2.52. The number of benzene rings is 1. The lowest BCUT2D eigenvalue weighted by atomic mass is 10.0. The molecule has 4 heteroatoms. The van der Waals surface area contributed by atoms with E-state index in [0.29, 0.717) is 0 Å². The van der Waals surface area contributed by atoms with Crippen molar-refractivity contribution in [2.45, 2.75) is 19.5 Å². The first-order valence-corrected chi connectivity index (χ1v) is 6.20. The van der Waals surface area contributed by atoms with Gasteiger partial charge in [-0.25, -0.2) is 0 Å². The first-order valence-electron chi connectivity index (χ1n) is 6.20. The molecule has 1 aromatic carbocycles. The van der Waals surface area contributed by atoms with E-state index in [1.54, 1.807) is 0 Å². The van der Waals surface area contributed by atoms with Crippen LogP contribution in [0.2, 0.25) is 0 Å². The van der Waals surface area contributed by atoms with E-state index in [0.717, 1.165) is 37.3 Å². The Morgan fingerprint density at radius 3 is 3.18 bits per heavy atom. The number of amides is 1. The van der Waals surface area contributed by atoms with Crippen LogP contribution in [0.5, 0.6) is 0 Å². The van der Waals surface area contributed by atoms with Gasteiger partial charge in [-0.3, -0.25) is 4.79 Å². The Labute approximate surface area is 101 Å². The van der Waals surface area contributed by atoms with Crippen molar-refractivity contribution in [1.29, 1.82) is 0 Å². The molecule has 90 valence electrons. The third-order valence-electron chi connectivity index (χ3n) is 3.57. The molecule has 0 saturated carbocycles. The third kappa shape index (κ3) is 1.69. The maximum absolute atomic E-state index is 12.0. The van der Waals surface area contributed by atoms with E-state index in [1.807, 2.05) is 12.1 Å². The van der Waals surface area contributed by atoms with Gasteiger partial charge in [0.05, 0.1) is 11.3 Å². The Morgan fingerprint density at radius 2 is 2.35 bits per heavy atom. The highest BCUT2D eigenvalue weighted by Crippen LogP contribution is 2.28. The molecule has 1 saturated heterocycles. The molecule has 0 radical (unpaired) electrons. The van der Waals surface area contributed by atoms with E-state index in [4.69, 9.17) is 0 Å². The first kappa shape index (κ1) is 10.6. The third-order valence-corrected chi connectivity index (χ3v) is 3.57. The minimum atomic E-state index is 0.0487. The van der Waals surface area contributed by atoms with Gasteiger partial charge in [-0.05, 0) is 24.1 Å². The summed E-state index contributed by atoms with van der Waals surface area (Å²) in [6.45, 7) is 4.88. The average Bonchev–Trinajstić information content (AvgIpc) is 2.38. The molecular weight excluding hydrogens is 214 g/mol. The molecule has 0 aliphatic carbocycles. The van der Waals surface area contributed by atoms with E-state index < -0.39 is 0 Å². The topological polar surface area (TPSA) is 44.4 Å². The van der Waals surface area contributed by atoms with Gasteiger partial charge in [0.2, 0.25) is 0 Å². The van der Waals surface area contributed by atoms with Crippen LogP contribution in [0.4, 0.5) is 5.69 Å². The van der Waals surface area contributed by atoms with E-state index in [-0.39, 0.29) is 12.1 Å². The van der Waals surface area contributed by atoms with Crippen LogP contribution in [-0.2, 0) is 6.42 Å². The monoisotopic (exact) mass is 231 g/mol. The maximum atomic E-state index is 12.0. The minimum absolute atomic E-state index is 0.0487. The summed E-state index contributed by atoms with van der Waals surface area (Å²) in [5.74, 6) is 0.0487. The molecule has 1 atom stereocenters. The van der Waals surface area contributed by atoms with Crippen LogP contribution in [0.1, 0.15) is 22.8 Å². The van der Waals surface area contributed by atoms with Gasteiger partial charge in [0, 0.05) is 19.6 Å². The molecule has 0 bridgehead atoms. The van der Waals surface area contributed by atoms with Gasteiger partial charge in [-0.1, -0.05) is 13.0 Å². The fourth-order valence-electron chi connectivity index (χ4n) is 2.58. The van der Waals surface area contributed by atoms with Crippen molar-refractivity contribution < 1.29 is 4.79 Å². The smallest absolute Gasteiger partial charge is 0.255 e. The van der Waals surface area contributed by atoms with Crippen molar-refractivity contribution in [3.63, 3.8) is 0 Å². The Hall–Kier alpha value is -1.55. The molecule has 17 heavy (non-hydrogen) atoms. The van der Waals surface area contributed by atoms with Crippen LogP contribution < -0.4 is 15.5 Å². The molecule has 1 fully saturated rings. The second kappa shape index (κ2) is 4.04. The van der Waals surface area contributed by atoms with E-state index in [2.05, 4.69) is 28.5 Å². The molecule has 4 nitrogen and oxygen atoms in total. The summed E-state index contributed by atoms with van der Waals surface area (Å²) in [7, 11) is 0. The maximum Gasteiger partial charge on any atom is 0.255 e. The zero-order valence-electron chi connectivity index (χ0n) is 9.99. The van der Waals surface area contributed by atoms with Crippen LogP contribution in [-0.4, -0.2) is 31.7 Å². The molecule has 2 heterocycles. The number of fused-ring (bicyclic) bond motifs is 3. The number of aryl methyl sites for hydroxylation is 1. The number of carbonyl (C=O) groups is 1. The SMILES string of the molecule is CCc1ccc2c(c1)N1CCNC[C@H]1NC2=O. The standard InChI is InChI=1S/C13H17N3O/c1-2-9-3-4-10-11(7-9)16-6-5-14-8-12(16)15-13(10)17/h3-4,7,12,14H,2,5-6,8H2,1H3,(H,15,17)/t12-/m0/s1. The molecule has 2 N–H and O–H groups in total. The van der Waals surface area contributed by atoms with Crippen molar-refractivity contribution in [3.05, 3.63) is 29.3 Å². The highest BCUT2D eigenvalue weighted by atomic mass is 16.2. The second-order valence-corrected chi connectivity index (χ2v) is 4.59. The normalized spacial score (nSPS) is 22.8. The highest BCUT2D eigenvalue weighted by molar-refractivity contribution is 6.02. The number of piperazine rings is 1. The molecule has 0 unspecified atom stereocenters. The molecule has 2 aliphatic rings. The summed E-state index contributed by atoms with van der Waals surface area (Å²) in [6, 6.07) is 6.15. The van der Waals surface area contributed by atoms with Crippen molar-refractivity contribution in [3.8, 4) is 0 Å². The molecular formula is C13H17N3O. The van der Waals surface area contributed by atoms with Gasteiger partial charge in [-0.15, -0.1) is 0 Å². The van der Waals surface area contributed by atoms with Gasteiger partial charge < -0.3 is 15.5 Å². The van der Waals surface area contributed by atoms with E-state index in [9.17, 15) is 4.79 Å². The van der Waals surface area contributed by atoms with Crippen LogP contribution in [0.3, 0.4) is 0 Å². The van der Waals surface area contributed by atoms with Gasteiger partial charge >= 0.3 is 0 Å². The Balaban J connectivity index is 2.06. The molecule has 2 aliphatic heterocycles. The second-order valence-electron chi connectivity index (χ2n) is 4.59. The largest absolute Gasteiger partial charge is 0.348 e. The van der Waals surface area contributed by atoms with Crippen molar-refractivity contribution >= 4 is 11.6 Å². The van der Waals surface area contributed by atoms with Crippen molar-refractivity contribution in [2.75, 3.05) is 24.5 Å². The van der Waals surface area contributed by atoms with Gasteiger partial charge in [0.1, 0.15) is 6.17 Å². The molecule has 1 aromatic rings. The number of nitrogens with one attached hydrogen (secondary N) is 2. The summed E-state index contributed by atoms with van der Waals surface area (Å²) in [6.07, 6.45) is 1.11. The fraction of sp³-hybridized carbons (Fsp3) is 0.462. The molecule has 0 spiro atoms. The number of anilines is 1. The Bertz CT molecular complexity index is 458. The van der Waals surface area contributed by atoms with Gasteiger partial charge in [-0.2, -0.15) is 0 Å². The fourth-order valence-corrected chi connectivity index (χ4v) is 2.58. The molecule has 3 rings (SSSR count).